The van der Waals surface area contributed by atoms with E-state index >= 15 is 0 Å². The van der Waals surface area contributed by atoms with Crippen LogP contribution in [0.15, 0.2) is 0 Å². The van der Waals surface area contributed by atoms with Crippen molar-refractivity contribution in [1.82, 2.24) is 9.80 Å². The van der Waals surface area contributed by atoms with Crippen molar-refractivity contribution in [3.63, 3.8) is 0 Å². The number of fused-ring (bicyclic) bond motifs is 1. The minimum absolute atomic E-state index is 0.294. The molecule has 3 atom stereocenters. The summed E-state index contributed by atoms with van der Waals surface area (Å²) >= 11 is 0. The quantitative estimate of drug-likeness (QED) is 0.617. The summed E-state index contributed by atoms with van der Waals surface area (Å²) in [5.74, 6) is -0.756. The Bertz CT molecular complexity index is 383. The van der Waals surface area contributed by atoms with Crippen LogP contribution in [0.2, 0.25) is 0 Å². The highest BCUT2D eigenvalue weighted by Crippen LogP contribution is 2.48. The molecule has 0 aromatic carbocycles. The number of ether oxygens (including phenoxy) is 1. The second-order valence-corrected chi connectivity index (χ2v) is 4.19. The fraction of sp³-hybridized carbons (Fsp3) is 0.700. The number of hydrogen-bond donors (Lipinski definition) is 0. The molecule has 6 heteroatoms. The Morgan fingerprint density at radius 1 is 1.50 bits per heavy atom. The average Bonchev–Trinajstić information content (AvgIpc) is 2.25. The number of nitriles is 1. The Balaban J connectivity index is 2.44. The van der Waals surface area contributed by atoms with E-state index in [4.69, 9.17) is 4.74 Å². The van der Waals surface area contributed by atoms with Gasteiger partial charge in [0.05, 0.1) is 18.1 Å². The Hall–Kier alpha value is -1.61. The van der Waals surface area contributed by atoms with Crippen LogP contribution in [-0.4, -0.2) is 54.6 Å². The van der Waals surface area contributed by atoms with Crippen molar-refractivity contribution >= 4 is 11.9 Å². The summed E-state index contributed by atoms with van der Waals surface area (Å²) in [6.07, 6.45) is 0.110. The number of hydrogen-bond acceptors (Lipinski definition) is 4. The summed E-state index contributed by atoms with van der Waals surface area (Å²) in [7, 11) is 4.45. The molecule has 2 aliphatic rings. The molecule has 86 valence electrons. The molecule has 1 heterocycles. The molecule has 1 aliphatic carbocycles. The van der Waals surface area contributed by atoms with Crippen LogP contribution in [0.4, 0.5) is 4.79 Å². The lowest BCUT2D eigenvalue weighted by Gasteiger charge is -2.57. The first-order valence-corrected chi connectivity index (χ1v) is 5.00. The second-order valence-electron chi connectivity index (χ2n) is 4.19. The van der Waals surface area contributed by atoms with Gasteiger partial charge in [0.2, 0.25) is 5.91 Å². The molecule has 0 N–H and O–H groups in total. The van der Waals surface area contributed by atoms with E-state index in [0.29, 0.717) is 6.42 Å². The number of rotatable bonds is 1. The van der Waals surface area contributed by atoms with Crippen molar-refractivity contribution in [2.24, 2.45) is 5.92 Å². The third kappa shape index (κ3) is 0.938. The molecule has 3 amide bonds. The van der Waals surface area contributed by atoms with Gasteiger partial charge in [0.25, 0.3) is 0 Å². The predicted octanol–water partition coefficient (Wildman–Crippen LogP) is -0.193. The molecule has 1 aliphatic heterocycles. The zero-order valence-corrected chi connectivity index (χ0v) is 9.43. The third-order valence-corrected chi connectivity index (χ3v) is 3.69. The van der Waals surface area contributed by atoms with E-state index in [9.17, 15) is 14.9 Å². The van der Waals surface area contributed by atoms with Crippen LogP contribution in [0.25, 0.3) is 0 Å². The molecule has 0 aromatic rings. The zero-order valence-electron chi connectivity index (χ0n) is 9.43. The maximum Gasteiger partial charge on any atom is 0.327 e. The fourth-order valence-electron chi connectivity index (χ4n) is 2.59. The lowest BCUT2D eigenvalue weighted by atomic mass is 9.62. The Kier molecular flexibility index (Phi) is 2.17. The first kappa shape index (κ1) is 10.9. The van der Waals surface area contributed by atoms with Crippen LogP contribution >= 0.6 is 0 Å². The molecule has 2 rings (SSSR count). The number of carbonyl (C=O) groups is 2. The summed E-state index contributed by atoms with van der Waals surface area (Å²) < 4.78 is 5.17. The van der Waals surface area contributed by atoms with E-state index in [-0.39, 0.29) is 12.0 Å². The van der Waals surface area contributed by atoms with Crippen molar-refractivity contribution in [2.45, 2.75) is 18.1 Å². The molecule has 0 spiro atoms. The third-order valence-electron chi connectivity index (χ3n) is 3.69. The Morgan fingerprint density at radius 3 is 2.62 bits per heavy atom. The van der Waals surface area contributed by atoms with E-state index in [1.165, 1.54) is 26.1 Å². The summed E-state index contributed by atoms with van der Waals surface area (Å²) in [4.78, 5) is 26.0. The van der Waals surface area contributed by atoms with E-state index in [0.717, 1.165) is 4.90 Å². The topological polar surface area (TPSA) is 73.6 Å². The smallest absolute Gasteiger partial charge is 0.327 e. The van der Waals surface area contributed by atoms with Gasteiger partial charge < -0.3 is 9.64 Å². The molecule has 1 saturated heterocycles. The molecule has 3 unspecified atom stereocenters. The highest BCUT2D eigenvalue weighted by molar-refractivity contribution is 6.00. The van der Waals surface area contributed by atoms with Gasteiger partial charge in [-0.15, -0.1) is 0 Å². The van der Waals surface area contributed by atoms with Crippen molar-refractivity contribution in [1.29, 1.82) is 5.26 Å². The van der Waals surface area contributed by atoms with E-state index in [1.807, 2.05) is 0 Å². The number of urea groups is 1. The number of methoxy groups -OCH3 is 1. The number of imide groups is 1. The fourth-order valence-corrected chi connectivity index (χ4v) is 2.59. The van der Waals surface area contributed by atoms with Crippen LogP contribution in [0, 0.1) is 17.2 Å². The van der Waals surface area contributed by atoms with Gasteiger partial charge >= 0.3 is 6.03 Å². The van der Waals surface area contributed by atoms with Crippen LogP contribution < -0.4 is 0 Å². The van der Waals surface area contributed by atoms with Crippen molar-refractivity contribution in [3.05, 3.63) is 0 Å². The highest BCUT2D eigenvalue weighted by atomic mass is 16.5. The van der Waals surface area contributed by atoms with E-state index < -0.39 is 17.5 Å². The van der Waals surface area contributed by atoms with Crippen LogP contribution in [0.1, 0.15) is 6.42 Å². The summed E-state index contributed by atoms with van der Waals surface area (Å²) in [5.41, 5.74) is -1.12. The first-order valence-electron chi connectivity index (χ1n) is 5.00. The van der Waals surface area contributed by atoms with Gasteiger partial charge in [0.15, 0.2) is 5.54 Å². The van der Waals surface area contributed by atoms with Crippen molar-refractivity contribution < 1.29 is 14.3 Å². The molecule has 2 fully saturated rings. The highest BCUT2D eigenvalue weighted by Gasteiger charge is 2.67. The molecule has 0 radical (unpaired) electrons. The van der Waals surface area contributed by atoms with Gasteiger partial charge in [-0.25, -0.2) is 4.79 Å². The van der Waals surface area contributed by atoms with E-state index in [1.54, 1.807) is 0 Å². The summed E-state index contributed by atoms with van der Waals surface area (Å²) in [6, 6.07) is 1.63. The molecule has 0 aromatic heterocycles. The van der Waals surface area contributed by atoms with Gasteiger partial charge in [-0.3, -0.25) is 9.69 Å². The minimum atomic E-state index is -1.12. The number of nitrogens with zero attached hydrogens (tertiary/aromatic N) is 3. The van der Waals surface area contributed by atoms with Gasteiger partial charge in [0.1, 0.15) is 0 Å². The van der Waals surface area contributed by atoms with Crippen molar-refractivity contribution in [2.75, 3.05) is 21.2 Å². The maximum absolute atomic E-state index is 11.8. The predicted molar refractivity (Wildman–Crippen MR) is 53.2 cm³/mol. The van der Waals surface area contributed by atoms with Gasteiger partial charge in [-0.2, -0.15) is 5.26 Å². The second kappa shape index (κ2) is 3.19. The number of likely N-dealkylation sites (N-methyl/N-ethyl adjacent to an activating group) is 1. The maximum atomic E-state index is 11.8. The minimum Gasteiger partial charge on any atom is -0.378 e. The molecule has 16 heavy (non-hydrogen) atoms. The average molecular weight is 223 g/mol. The van der Waals surface area contributed by atoms with Crippen molar-refractivity contribution in [3.8, 4) is 6.07 Å². The lowest BCUT2D eigenvalue weighted by molar-refractivity contribution is -0.169. The van der Waals surface area contributed by atoms with Crippen LogP contribution in [-0.2, 0) is 9.53 Å². The van der Waals surface area contributed by atoms with E-state index in [2.05, 4.69) is 6.07 Å². The Labute approximate surface area is 93.4 Å². The molecule has 0 bridgehead atoms. The lowest BCUT2D eigenvalue weighted by Crippen LogP contribution is -2.77. The standard InChI is InChI=1S/C10H13N3O3/c1-12-8(14)6-4-7(16-3)10(6,5-11)13(2)9(12)15/h6-7H,4H2,1-3H3. The summed E-state index contributed by atoms with van der Waals surface area (Å²) in [6.45, 7) is 0. The zero-order chi connectivity index (χ0) is 12.1. The Morgan fingerprint density at radius 2 is 2.12 bits per heavy atom. The molecule has 1 saturated carbocycles. The van der Waals surface area contributed by atoms with Gasteiger partial charge in [-0.1, -0.05) is 0 Å². The largest absolute Gasteiger partial charge is 0.378 e. The molecular weight excluding hydrogens is 210 g/mol. The first-order chi connectivity index (χ1) is 7.50. The molecular formula is C10H13N3O3. The van der Waals surface area contributed by atoms with Gasteiger partial charge in [-0.05, 0) is 6.42 Å². The van der Waals surface area contributed by atoms with Gasteiger partial charge in [0, 0.05) is 21.2 Å². The SMILES string of the molecule is COC1CC2C(=O)N(C)C(=O)N(C)C12C#N. The normalized spacial score (nSPS) is 37.9. The monoisotopic (exact) mass is 223 g/mol. The molecule has 6 nitrogen and oxygen atoms in total. The number of amides is 3. The summed E-state index contributed by atoms with van der Waals surface area (Å²) in [5, 5.41) is 9.27. The van der Waals surface area contributed by atoms with Crippen LogP contribution in [0.3, 0.4) is 0 Å². The number of carbonyl (C=O) groups excluding carboxylic acids is 2. The van der Waals surface area contributed by atoms with Crippen LogP contribution in [0.5, 0.6) is 0 Å².